The fourth-order valence-corrected chi connectivity index (χ4v) is 3.03. The number of hydrogen-bond acceptors (Lipinski definition) is 3. The van der Waals surface area contributed by atoms with Crippen LogP contribution in [0.1, 0.15) is 50.3 Å². The molecule has 2 aromatic heterocycles. The molecule has 0 aromatic carbocycles. The predicted molar refractivity (Wildman–Crippen MR) is 83.8 cm³/mol. The molecule has 0 aliphatic heterocycles. The van der Waals surface area contributed by atoms with E-state index in [1.165, 1.54) is 11.3 Å². The van der Waals surface area contributed by atoms with Crippen molar-refractivity contribution in [1.82, 2.24) is 15.1 Å². The molecule has 20 heavy (non-hydrogen) atoms. The number of aryl methyl sites for hydroxylation is 2. The van der Waals surface area contributed by atoms with E-state index >= 15 is 0 Å². The van der Waals surface area contributed by atoms with Gasteiger partial charge in [0.25, 0.3) is 0 Å². The molecule has 0 radical (unpaired) electrons. The lowest BCUT2D eigenvalue weighted by molar-refractivity contribution is 0.486. The SMILES string of the molecule is CCCn1ncc(Br)c1C(NCC)c1ccoc1CC. The molecule has 5 heteroatoms. The summed E-state index contributed by atoms with van der Waals surface area (Å²) in [6.07, 6.45) is 5.60. The summed E-state index contributed by atoms with van der Waals surface area (Å²) in [5.41, 5.74) is 2.37. The maximum atomic E-state index is 5.59. The van der Waals surface area contributed by atoms with Crippen molar-refractivity contribution in [2.75, 3.05) is 6.54 Å². The molecule has 110 valence electrons. The minimum Gasteiger partial charge on any atom is -0.469 e. The Hall–Kier alpha value is -1.07. The van der Waals surface area contributed by atoms with E-state index in [1.54, 1.807) is 6.26 Å². The molecule has 0 fully saturated rings. The fourth-order valence-electron chi connectivity index (χ4n) is 2.50. The van der Waals surface area contributed by atoms with Gasteiger partial charge in [0.05, 0.1) is 28.7 Å². The highest BCUT2D eigenvalue weighted by Gasteiger charge is 2.24. The van der Waals surface area contributed by atoms with Crippen LogP contribution in [-0.4, -0.2) is 16.3 Å². The number of aromatic nitrogens is 2. The number of hydrogen-bond donors (Lipinski definition) is 1. The normalized spacial score (nSPS) is 12.8. The minimum atomic E-state index is 0.108. The Kier molecular flexibility index (Phi) is 5.43. The third kappa shape index (κ3) is 2.99. The molecule has 2 aromatic rings. The highest BCUT2D eigenvalue weighted by Crippen LogP contribution is 2.31. The number of rotatable bonds is 7. The Morgan fingerprint density at radius 1 is 1.40 bits per heavy atom. The number of nitrogens with one attached hydrogen (secondary N) is 1. The molecular formula is C15H22BrN3O. The largest absolute Gasteiger partial charge is 0.469 e. The Labute approximate surface area is 128 Å². The summed E-state index contributed by atoms with van der Waals surface area (Å²) in [5, 5.41) is 8.02. The molecule has 0 saturated heterocycles. The van der Waals surface area contributed by atoms with Gasteiger partial charge in [0, 0.05) is 18.5 Å². The molecule has 2 rings (SSSR count). The lowest BCUT2D eigenvalue weighted by Gasteiger charge is -2.20. The second-order valence-electron chi connectivity index (χ2n) is 4.74. The van der Waals surface area contributed by atoms with E-state index in [1.807, 2.05) is 6.20 Å². The van der Waals surface area contributed by atoms with Crippen molar-refractivity contribution in [2.45, 2.75) is 46.2 Å². The zero-order valence-corrected chi connectivity index (χ0v) is 13.9. The van der Waals surface area contributed by atoms with Gasteiger partial charge in [-0.05, 0) is 35.0 Å². The van der Waals surface area contributed by atoms with E-state index < -0.39 is 0 Å². The van der Waals surface area contributed by atoms with Crippen LogP contribution in [0.5, 0.6) is 0 Å². The summed E-state index contributed by atoms with van der Waals surface area (Å²) in [6, 6.07) is 2.17. The first-order valence-corrected chi connectivity index (χ1v) is 8.02. The van der Waals surface area contributed by atoms with Gasteiger partial charge in [-0.15, -0.1) is 0 Å². The highest BCUT2D eigenvalue weighted by molar-refractivity contribution is 9.10. The van der Waals surface area contributed by atoms with Crippen LogP contribution in [0.4, 0.5) is 0 Å². The average molecular weight is 340 g/mol. The summed E-state index contributed by atoms with van der Waals surface area (Å²) in [5.74, 6) is 1.03. The van der Waals surface area contributed by atoms with Crippen LogP contribution in [0.2, 0.25) is 0 Å². The van der Waals surface area contributed by atoms with Gasteiger partial charge in [-0.25, -0.2) is 0 Å². The first kappa shape index (κ1) is 15.3. The number of furan rings is 1. The monoisotopic (exact) mass is 339 g/mol. The molecule has 1 N–H and O–H groups in total. The molecule has 0 aliphatic rings. The van der Waals surface area contributed by atoms with Crippen molar-refractivity contribution in [3.8, 4) is 0 Å². The van der Waals surface area contributed by atoms with Gasteiger partial charge in [0.2, 0.25) is 0 Å². The second-order valence-corrected chi connectivity index (χ2v) is 5.60. The summed E-state index contributed by atoms with van der Waals surface area (Å²) in [7, 11) is 0. The lowest BCUT2D eigenvalue weighted by Crippen LogP contribution is -2.25. The summed E-state index contributed by atoms with van der Waals surface area (Å²) < 4.78 is 8.71. The Balaban J connectivity index is 2.45. The molecule has 0 bridgehead atoms. The Bertz CT molecular complexity index is 547. The molecule has 1 unspecified atom stereocenters. The predicted octanol–water partition coefficient (Wildman–Crippen LogP) is 3.91. The first-order valence-electron chi connectivity index (χ1n) is 7.23. The van der Waals surface area contributed by atoms with Crippen molar-refractivity contribution in [3.63, 3.8) is 0 Å². The molecule has 0 aliphatic carbocycles. The standard InChI is InChI=1S/C15H22BrN3O/c1-4-8-19-15(12(16)10-18-19)14(17-6-3)11-7-9-20-13(11)5-2/h7,9-10,14,17H,4-6,8H2,1-3H3. The summed E-state index contributed by atoms with van der Waals surface area (Å²) in [6.45, 7) is 8.21. The van der Waals surface area contributed by atoms with E-state index in [4.69, 9.17) is 4.42 Å². The van der Waals surface area contributed by atoms with E-state index in [9.17, 15) is 0 Å². The second kappa shape index (κ2) is 7.09. The molecule has 0 amide bonds. The molecule has 0 spiro atoms. The highest BCUT2D eigenvalue weighted by atomic mass is 79.9. The van der Waals surface area contributed by atoms with Crippen LogP contribution in [0.3, 0.4) is 0 Å². The van der Waals surface area contributed by atoms with Crippen LogP contribution < -0.4 is 5.32 Å². The minimum absolute atomic E-state index is 0.108. The van der Waals surface area contributed by atoms with Gasteiger partial charge in [0.15, 0.2) is 0 Å². The fraction of sp³-hybridized carbons (Fsp3) is 0.533. The van der Waals surface area contributed by atoms with Gasteiger partial charge >= 0.3 is 0 Å². The Morgan fingerprint density at radius 2 is 2.20 bits per heavy atom. The van der Waals surface area contributed by atoms with Gasteiger partial charge in [-0.2, -0.15) is 5.10 Å². The zero-order chi connectivity index (χ0) is 14.5. The van der Waals surface area contributed by atoms with Crippen LogP contribution in [0.25, 0.3) is 0 Å². The first-order chi connectivity index (χ1) is 9.72. The lowest BCUT2D eigenvalue weighted by atomic mass is 10.0. The van der Waals surface area contributed by atoms with Gasteiger partial charge in [-0.1, -0.05) is 20.8 Å². The van der Waals surface area contributed by atoms with Crippen molar-refractivity contribution in [3.05, 3.63) is 40.0 Å². The van der Waals surface area contributed by atoms with Crippen LogP contribution in [-0.2, 0) is 13.0 Å². The van der Waals surface area contributed by atoms with Gasteiger partial charge in [0.1, 0.15) is 5.76 Å². The Morgan fingerprint density at radius 3 is 2.85 bits per heavy atom. The van der Waals surface area contributed by atoms with Crippen molar-refractivity contribution >= 4 is 15.9 Å². The molecule has 0 saturated carbocycles. The van der Waals surface area contributed by atoms with E-state index in [0.29, 0.717) is 0 Å². The van der Waals surface area contributed by atoms with Crippen molar-refractivity contribution < 1.29 is 4.42 Å². The third-order valence-corrected chi connectivity index (χ3v) is 3.97. The maximum absolute atomic E-state index is 5.59. The maximum Gasteiger partial charge on any atom is 0.108 e. The van der Waals surface area contributed by atoms with Crippen LogP contribution in [0.15, 0.2) is 27.4 Å². The molecular weight excluding hydrogens is 318 g/mol. The molecule has 1 atom stereocenters. The van der Waals surface area contributed by atoms with E-state index in [2.05, 4.69) is 57.9 Å². The summed E-state index contributed by atoms with van der Waals surface area (Å²) in [4.78, 5) is 0. The smallest absolute Gasteiger partial charge is 0.108 e. The number of nitrogens with zero attached hydrogens (tertiary/aromatic N) is 2. The zero-order valence-electron chi connectivity index (χ0n) is 12.3. The molecule has 4 nitrogen and oxygen atoms in total. The summed E-state index contributed by atoms with van der Waals surface area (Å²) >= 11 is 3.64. The average Bonchev–Trinajstić information content (AvgIpc) is 3.04. The van der Waals surface area contributed by atoms with Gasteiger partial charge in [-0.3, -0.25) is 4.68 Å². The van der Waals surface area contributed by atoms with Gasteiger partial charge < -0.3 is 9.73 Å². The van der Waals surface area contributed by atoms with E-state index in [0.717, 1.165) is 36.2 Å². The van der Waals surface area contributed by atoms with Crippen molar-refractivity contribution in [1.29, 1.82) is 0 Å². The topological polar surface area (TPSA) is 43.0 Å². The van der Waals surface area contributed by atoms with Crippen molar-refractivity contribution in [2.24, 2.45) is 0 Å². The quantitative estimate of drug-likeness (QED) is 0.831. The van der Waals surface area contributed by atoms with Crippen LogP contribution >= 0.6 is 15.9 Å². The third-order valence-electron chi connectivity index (χ3n) is 3.36. The van der Waals surface area contributed by atoms with Crippen LogP contribution in [0, 0.1) is 0 Å². The molecule has 2 heterocycles. The van der Waals surface area contributed by atoms with E-state index in [-0.39, 0.29) is 6.04 Å². The number of halogens is 1.